The Morgan fingerprint density at radius 2 is 2.07 bits per heavy atom. The predicted molar refractivity (Wildman–Crippen MR) is 111 cm³/mol. The summed E-state index contributed by atoms with van der Waals surface area (Å²) >= 11 is 0. The van der Waals surface area contributed by atoms with E-state index in [-0.39, 0.29) is 0 Å². The Balaban J connectivity index is 2.20. The van der Waals surface area contributed by atoms with E-state index < -0.39 is 11.7 Å². The smallest absolute Gasteiger partial charge is 0.419 e. The van der Waals surface area contributed by atoms with Gasteiger partial charge in [0.2, 0.25) is 0 Å². The summed E-state index contributed by atoms with van der Waals surface area (Å²) in [6.45, 7) is 5.49. The van der Waals surface area contributed by atoms with Gasteiger partial charge in [0.25, 0.3) is 0 Å². The molecule has 0 aliphatic heterocycles. The third kappa shape index (κ3) is 4.07. The number of aromatic nitrogens is 2. The molecule has 0 saturated carbocycles. The maximum Gasteiger partial charge on any atom is 0.419 e. The van der Waals surface area contributed by atoms with Crippen molar-refractivity contribution < 1.29 is 14.3 Å². The lowest BCUT2D eigenvalue weighted by Gasteiger charge is -2.19. The Hall–Kier alpha value is -3.52. The van der Waals surface area contributed by atoms with Crippen molar-refractivity contribution in [1.82, 2.24) is 9.55 Å². The molecule has 0 N–H and O–H groups in total. The number of ether oxygens (including phenoxy) is 2. The topological polar surface area (TPSA) is 53.4 Å². The first-order valence-electron chi connectivity index (χ1n) is 8.83. The fourth-order valence-electron chi connectivity index (χ4n) is 2.84. The van der Waals surface area contributed by atoms with E-state index in [0.29, 0.717) is 16.8 Å². The van der Waals surface area contributed by atoms with Crippen LogP contribution in [0.2, 0.25) is 0 Å². The Morgan fingerprint density at radius 1 is 1.29 bits per heavy atom. The summed E-state index contributed by atoms with van der Waals surface area (Å²) in [6.07, 6.45) is 12.3. The number of carbonyl (C=O) groups excluding carboxylic acids is 1. The second-order valence-corrected chi connectivity index (χ2v) is 7.26. The van der Waals surface area contributed by atoms with Gasteiger partial charge in [0, 0.05) is 35.1 Å². The van der Waals surface area contributed by atoms with Crippen molar-refractivity contribution in [2.75, 3.05) is 7.11 Å². The van der Waals surface area contributed by atoms with Gasteiger partial charge in [0.15, 0.2) is 0 Å². The van der Waals surface area contributed by atoms with E-state index in [0.717, 1.165) is 16.5 Å². The first-order chi connectivity index (χ1) is 13.3. The molecule has 3 aromatic rings. The lowest BCUT2D eigenvalue weighted by molar-refractivity contribution is 0.0544. The summed E-state index contributed by atoms with van der Waals surface area (Å²) in [5.41, 5.74) is 2.33. The van der Waals surface area contributed by atoms with Crippen molar-refractivity contribution in [3.05, 3.63) is 60.0 Å². The van der Waals surface area contributed by atoms with Gasteiger partial charge in [0.05, 0.1) is 12.6 Å². The summed E-state index contributed by atoms with van der Waals surface area (Å²) in [7, 11) is 1.60. The largest absolute Gasteiger partial charge is 0.497 e. The van der Waals surface area contributed by atoms with Crippen LogP contribution in [0.5, 0.6) is 5.75 Å². The van der Waals surface area contributed by atoms with Gasteiger partial charge in [-0.25, -0.2) is 4.79 Å². The van der Waals surface area contributed by atoms with E-state index in [2.05, 4.69) is 10.9 Å². The van der Waals surface area contributed by atoms with Gasteiger partial charge in [-0.2, -0.15) is 0 Å². The van der Waals surface area contributed by atoms with Crippen molar-refractivity contribution >= 4 is 28.6 Å². The molecule has 28 heavy (non-hydrogen) atoms. The van der Waals surface area contributed by atoms with Crippen LogP contribution in [0.3, 0.4) is 0 Å². The summed E-state index contributed by atoms with van der Waals surface area (Å²) < 4.78 is 12.4. The lowest BCUT2D eigenvalue weighted by atomic mass is 10.0. The van der Waals surface area contributed by atoms with E-state index in [1.165, 1.54) is 4.57 Å². The normalized spacial score (nSPS) is 11.9. The number of fused-ring (bicyclic) bond motifs is 1. The Morgan fingerprint density at radius 3 is 2.68 bits per heavy atom. The Labute approximate surface area is 164 Å². The molecule has 0 saturated heterocycles. The molecule has 0 atom stereocenters. The highest BCUT2D eigenvalue weighted by Crippen LogP contribution is 2.32. The summed E-state index contributed by atoms with van der Waals surface area (Å²) in [5.74, 6) is 3.40. The number of pyridine rings is 1. The molecule has 0 bridgehead atoms. The molecule has 0 radical (unpaired) electrons. The number of rotatable bonds is 3. The first-order valence-corrected chi connectivity index (χ1v) is 8.83. The molecule has 0 amide bonds. The number of methoxy groups -OCH3 is 1. The van der Waals surface area contributed by atoms with E-state index in [4.69, 9.17) is 15.9 Å². The molecule has 0 aliphatic carbocycles. The van der Waals surface area contributed by atoms with Gasteiger partial charge >= 0.3 is 6.09 Å². The number of carbonyl (C=O) groups is 1. The molecule has 5 nitrogen and oxygen atoms in total. The van der Waals surface area contributed by atoms with Crippen LogP contribution in [0, 0.1) is 12.3 Å². The zero-order valence-corrected chi connectivity index (χ0v) is 16.4. The van der Waals surface area contributed by atoms with Crippen LogP contribution < -0.4 is 4.74 Å². The number of benzene rings is 1. The second-order valence-electron chi connectivity index (χ2n) is 7.26. The maximum absolute atomic E-state index is 12.7. The third-order valence-corrected chi connectivity index (χ3v) is 4.04. The van der Waals surface area contributed by atoms with E-state index in [1.54, 1.807) is 31.8 Å². The minimum absolute atomic E-state index is 0.466. The Kier molecular flexibility index (Phi) is 5.23. The fourth-order valence-corrected chi connectivity index (χ4v) is 2.84. The van der Waals surface area contributed by atoms with Crippen molar-refractivity contribution in [3.8, 4) is 18.1 Å². The number of hydrogen-bond acceptors (Lipinski definition) is 4. The molecule has 2 aromatic heterocycles. The highest BCUT2D eigenvalue weighted by Gasteiger charge is 2.22. The van der Waals surface area contributed by atoms with Crippen LogP contribution in [0.25, 0.3) is 22.6 Å². The number of terminal acetylenes is 1. The lowest BCUT2D eigenvalue weighted by Crippen LogP contribution is -2.26. The highest BCUT2D eigenvalue weighted by atomic mass is 16.6. The quantitative estimate of drug-likeness (QED) is 0.605. The second kappa shape index (κ2) is 7.61. The molecule has 2 heterocycles. The van der Waals surface area contributed by atoms with Crippen molar-refractivity contribution in [1.29, 1.82) is 0 Å². The van der Waals surface area contributed by atoms with Gasteiger partial charge in [0.1, 0.15) is 11.4 Å². The van der Waals surface area contributed by atoms with E-state index >= 15 is 0 Å². The van der Waals surface area contributed by atoms with Gasteiger partial charge in [-0.05, 0) is 56.7 Å². The predicted octanol–water partition coefficient (Wildman–Crippen LogP) is 5.00. The monoisotopic (exact) mass is 374 g/mol. The van der Waals surface area contributed by atoms with Crippen molar-refractivity contribution in [2.45, 2.75) is 26.4 Å². The van der Waals surface area contributed by atoms with Gasteiger partial charge in [-0.15, -0.1) is 6.42 Å². The third-order valence-electron chi connectivity index (χ3n) is 4.04. The average molecular weight is 374 g/mol. The Bertz CT molecular complexity index is 1080. The molecule has 3 rings (SSSR count). The molecule has 0 aliphatic rings. The SMILES string of the molecule is C#C/C(=C\c1cccnc1)c1cn(C(=O)OC(C)(C)C)c2ccc(OC)cc12. The summed E-state index contributed by atoms with van der Waals surface area (Å²) in [5, 5.41) is 0.804. The number of nitrogens with zero attached hydrogens (tertiary/aromatic N) is 2. The van der Waals surface area contributed by atoms with Crippen LogP contribution >= 0.6 is 0 Å². The van der Waals surface area contributed by atoms with Crippen LogP contribution in [-0.4, -0.2) is 28.4 Å². The molecule has 0 spiro atoms. The fraction of sp³-hybridized carbons (Fsp3) is 0.217. The van der Waals surface area contributed by atoms with Crippen LogP contribution in [-0.2, 0) is 4.74 Å². The molecule has 142 valence electrons. The minimum atomic E-state index is -0.610. The molecule has 0 unspecified atom stereocenters. The zero-order chi connectivity index (χ0) is 20.3. The number of allylic oxidation sites excluding steroid dienone is 1. The van der Waals surface area contributed by atoms with E-state index in [1.807, 2.05) is 51.1 Å². The zero-order valence-electron chi connectivity index (χ0n) is 16.4. The molecule has 1 aromatic carbocycles. The van der Waals surface area contributed by atoms with Gasteiger partial charge in [-0.1, -0.05) is 12.0 Å². The van der Waals surface area contributed by atoms with Crippen molar-refractivity contribution in [2.24, 2.45) is 0 Å². The van der Waals surface area contributed by atoms with Gasteiger partial charge in [-0.3, -0.25) is 9.55 Å². The van der Waals surface area contributed by atoms with Crippen LogP contribution in [0.1, 0.15) is 31.9 Å². The summed E-state index contributed by atoms with van der Waals surface area (Å²) in [6, 6.07) is 9.23. The van der Waals surface area contributed by atoms with Crippen LogP contribution in [0.15, 0.2) is 48.9 Å². The van der Waals surface area contributed by atoms with Gasteiger partial charge < -0.3 is 9.47 Å². The summed E-state index contributed by atoms with van der Waals surface area (Å²) in [4.78, 5) is 16.9. The minimum Gasteiger partial charge on any atom is -0.497 e. The van der Waals surface area contributed by atoms with E-state index in [9.17, 15) is 4.79 Å². The average Bonchev–Trinajstić information content (AvgIpc) is 3.04. The van der Waals surface area contributed by atoms with Crippen molar-refractivity contribution in [3.63, 3.8) is 0 Å². The van der Waals surface area contributed by atoms with Crippen LogP contribution in [0.4, 0.5) is 4.79 Å². The maximum atomic E-state index is 12.7. The number of hydrogen-bond donors (Lipinski definition) is 0. The molecule has 0 fully saturated rings. The highest BCUT2D eigenvalue weighted by molar-refractivity contribution is 6.04. The first kappa shape index (κ1) is 19.2. The molecular formula is C23H22N2O3. The molecular weight excluding hydrogens is 352 g/mol. The standard InChI is InChI=1S/C23H22N2O3/c1-6-17(12-16-8-7-11-24-14-16)20-15-25(22(26)28-23(2,3)4)21-10-9-18(27-5)13-19(20)21/h1,7-15H,2-5H3/b17-12+. The molecule has 5 heteroatoms.